The predicted octanol–water partition coefficient (Wildman–Crippen LogP) is 1.10. The van der Waals surface area contributed by atoms with E-state index in [1.165, 1.54) is 14.2 Å². The molecule has 0 aromatic carbocycles. The Morgan fingerprint density at radius 2 is 1.91 bits per heavy atom. The van der Waals surface area contributed by atoms with Crippen LogP contribution in [-0.2, 0) is 18.1 Å². The van der Waals surface area contributed by atoms with Crippen LogP contribution in [0.15, 0.2) is 0 Å². The zero-order valence-corrected chi connectivity index (χ0v) is 7.84. The standard InChI is InChI=1S/C5H14NO4P/c1-4-5(6)10-11(7,8-2)9-3/h5H,4,6H2,1-3H3. The van der Waals surface area contributed by atoms with Crippen molar-refractivity contribution in [2.24, 2.45) is 5.73 Å². The van der Waals surface area contributed by atoms with Crippen LogP contribution < -0.4 is 5.73 Å². The molecule has 0 aliphatic rings. The van der Waals surface area contributed by atoms with E-state index in [4.69, 9.17) is 10.3 Å². The third-order valence-corrected chi connectivity index (χ3v) is 2.54. The van der Waals surface area contributed by atoms with E-state index >= 15 is 0 Å². The molecule has 68 valence electrons. The molecule has 0 saturated heterocycles. The van der Waals surface area contributed by atoms with Gasteiger partial charge in [0.1, 0.15) is 6.23 Å². The van der Waals surface area contributed by atoms with Crippen molar-refractivity contribution in [3.8, 4) is 0 Å². The second-order valence-corrected chi connectivity index (χ2v) is 3.70. The molecule has 0 bridgehead atoms. The van der Waals surface area contributed by atoms with Gasteiger partial charge in [0.05, 0.1) is 0 Å². The van der Waals surface area contributed by atoms with Crippen LogP contribution >= 0.6 is 7.82 Å². The van der Waals surface area contributed by atoms with Gasteiger partial charge in [-0.15, -0.1) is 0 Å². The number of hydrogen-bond donors (Lipinski definition) is 1. The summed E-state index contributed by atoms with van der Waals surface area (Å²) in [5, 5.41) is 0. The first-order valence-corrected chi connectivity index (χ1v) is 4.69. The summed E-state index contributed by atoms with van der Waals surface area (Å²) in [6, 6.07) is 0. The van der Waals surface area contributed by atoms with Crippen molar-refractivity contribution in [2.45, 2.75) is 19.6 Å². The Bertz CT molecular complexity index is 143. The Hall–Kier alpha value is 0.0700. The third kappa shape index (κ3) is 3.84. The third-order valence-electron chi connectivity index (χ3n) is 1.11. The van der Waals surface area contributed by atoms with Crippen LogP contribution in [0.1, 0.15) is 13.3 Å². The smallest absolute Gasteiger partial charge is 0.306 e. The topological polar surface area (TPSA) is 70.8 Å². The molecule has 0 aromatic heterocycles. The van der Waals surface area contributed by atoms with Crippen molar-refractivity contribution in [3.05, 3.63) is 0 Å². The highest BCUT2D eigenvalue weighted by Gasteiger charge is 2.25. The van der Waals surface area contributed by atoms with Gasteiger partial charge in [-0.1, -0.05) is 6.92 Å². The molecule has 0 aliphatic carbocycles. The maximum Gasteiger partial charge on any atom is 0.475 e. The summed E-state index contributed by atoms with van der Waals surface area (Å²) in [6.07, 6.45) is -0.0581. The van der Waals surface area contributed by atoms with Gasteiger partial charge in [0.2, 0.25) is 0 Å². The predicted molar refractivity (Wildman–Crippen MR) is 41.0 cm³/mol. The van der Waals surface area contributed by atoms with E-state index in [-0.39, 0.29) is 0 Å². The van der Waals surface area contributed by atoms with Crippen molar-refractivity contribution in [3.63, 3.8) is 0 Å². The van der Waals surface area contributed by atoms with Crippen molar-refractivity contribution >= 4 is 7.82 Å². The summed E-state index contributed by atoms with van der Waals surface area (Å²) >= 11 is 0. The normalized spacial score (nSPS) is 14.9. The van der Waals surface area contributed by atoms with Crippen LogP contribution in [0.3, 0.4) is 0 Å². The molecule has 0 spiro atoms. The SMILES string of the molecule is CCC(N)OP(=O)(OC)OC. The van der Waals surface area contributed by atoms with Crippen LogP contribution in [0.5, 0.6) is 0 Å². The van der Waals surface area contributed by atoms with Crippen LogP contribution in [0, 0.1) is 0 Å². The molecule has 2 N–H and O–H groups in total. The molecule has 6 heteroatoms. The lowest BCUT2D eigenvalue weighted by Crippen LogP contribution is -2.21. The fraction of sp³-hybridized carbons (Fsp3) is 1.00. The number of rotatable bonds is 5. The van der Waals surface area contributed by atoms with E-state index < -0.39 is 14.1 Å². The van der Waals surface area contributed by atoms with Gasteiger partial charge in [0, 0.05) is 14.2 Å². The number of phosphoric acid groups is 1. The Morgan fingerprint density at radius 3 is 2.18 bits per heavy atom. The van der Waals surface area contributed by atoms with Gasteiger partial charge in [-0.25, -0.2) is 4.57 Å². The fourth-order valence-corrected chi connectivity index (χ4v) is 1.20. The minimum atomic E-state index is -3.38. The molecule has 1 unspecified atom stereocenters. The molecule has 0 heterocycles. The van der Waals surface area contributed by atoms with E-state index in [1.807, 2.05) is 0 Å². The number of nitrogens with two attached hydrogens (primary N) is 1. The van der Waals surface area contributed by atoms with Gasteiger partial charge in [0.15, 0.2) is 0 Å². The lowest BCUT2D eigenvalue weighted by molar-refractivity contribution is 0.106. The summed E-state index contributed by atoms with van der Waals surface area (Å²) < 4.78 is 24.9. The van der Waals surface area contributed by atoms with Gasteiger partial charge < -0.3 is 5.73 Å². The largest absolute Gasteiger partial charge is 0.475 e. The quantitative estimate of drug-likeness (QED) is 0.510. The van der Waals surface area contributed by atoms with Gasteiger partial charge in [-0.2, -0.15) is 0 Å². The molecule has 0 saturated carbocycles. The van der Waals surface area contributed by atoms with Crippen LogP contribution in [0.25, 0.3) is 0 Å². The molecular weight excluding hydrogens is 169 g/mol. The second-order valence-electron chi connectivity index (χ2n) is 1.86. The zero-order chi connectivity index (χ0) is 8.91. The average Bonchev–Trinajstić information content (AvgIpc) is 2.04. The van der Waals surface area contributed by atoms with Crippen molar-refractivity contribution < 1.29 is 18.1 Å². The molecule has 0 aromatic rings. The van der Waals surface area contributed by atoms with Crippen molar-refractivity contribution in [1.82, 2.24) is 0 Å². The summed E-state index contributed by atoms with van der Waals surface area (Å²) in [6.45, 7) is 1.81. The molecule has 0 aliphatic heterocycles. The first kappa shape index (κ1) is 11.1. The minimum absolute atomic E-state index is 0.552. The highest BCUT2D eigenvalue weighted by molar-refractivity contribution is 7.48. The van der Waals surface area contributed by atoms with E-state index in [2.05, 4.69) is 9.05 Å². The van der Waals surface area contributed by atoms with Crippen molar-refractivity contribution in [2.75, 3.05) is 14.2 Å². The summed E-state index contributed by atoms with van der Waals surface area (Å²) in [4.78, 5) is 0. The average molecular weight is 183 g/mol. The second kappa shape index (κ2) is 4.85. The Labute approximate surface area is 66.4 Å². The summed E-state index contributed by atoms with van der Waals surface area (Å²) in [5.41, 5.74) is 5.36. The highest BCUT2D eigenvalue weighted by atomic mass is 31.2. The number of phosphoric ester groups is 1. The van der Waals surface area contributed by atoms with Gasteiger partial charge in [-0.3, -0.25) is 13.6 Å². The Morgan fingerprint density at radius 1 is 1.45 bits per heavy atom. The molecule has 1 atom stereocenters. The fourth-order valence-electron chi connectivity index (χ4n) is 0.401. The molecule has 0 rings (SSSR count). The van der Waals surface area contributed by atoms with E-state index in [9.17, 15) is 4.57 Å². The van der Waals surface area contributed by atoms with Gasteiger partial charge in [0.25, 0.3) is 0 Å². The Balaban J connectivity index is 3.97. The maximum absolute atomic E-state index is 11.2. The van der Waals surface area contributed by atoms with Gasteiger partial charge >= 0.3 is 7.82 Å². The molecular formula is C5H14NO4P. The Kier molecular flexibility index (Phi) is 4.88. The number of hydrogen-bond acceptors (Lipinski definition) is 5. The van der Waals surface area contributed by atoms with E-state index in [0.717, 1.165) is 0 Å². The molecule has 0 amide bonds. The summed E-state index contributed by atoms with van der Waals surface area (Å²) in [5.74, 6) is 0. The molecule has 0 fully saturated rings. The molecule has 5 nitrogen and oxygen atoms in total. The minimum Gasteiger partial charge on any atom is -0.306 e. The lowest BCUT2D eigenvalue weighted by Gasteiger charge is -2.16. The lowest BCUT2D eigenvalue weighted by atomic mass is 10.5. The summed E-state index contributed by atoms with van der Waals surface area (Å²) in [7, 11) is -0.893. The van der Waals surface area contributed by atoms with Crippen LogP contribution in [-0.4, -0.2) is 20.4 Å². The first-order valence-electron chi connectivity index (χ1n) is 3.23. The molecule has 0 radical (unpaired) electrons. The first-order chi connectivity index (χ1) is 5.08. The van der Waals surface area contributed by atoms with E-state index in [0.29, 0.717) is 6.42 Å². The molecule has 11 heavy (non-hydrogen) atoms. The monoisotopic (exact) mass is 183 g/mol. The maximum atomic E-state index is 11.2. The zero-order valence-electron chi connectivity index (χ0n) is 6.94. The highest BCUT2D eigenvalue weighted by Crippen LogP contribution is 2.48. The van der Waals surface area contributed by atoms with Crippen molar-refractivity contribution in [1.29, 1.82) is 0 Å². The van der Waals surface area contributed by atoms with Crippen LogP contribution in [0.2, 0.25) is 0 Å². The van der Waals surface area contributed by atoms with E-state index in [1.54, 1.807) is 6.92 Å². The van der Waals surface area contributed by atoms with Gasteiger partial charge in [-0.05, 0) is 6.42 Å². The van der Waals surface area contributed by atoms with Crippen LogP contribution in [0.4, 0.5) is 0 Å².